The number of carbonyl (C=O) groups excluding carboxylic acids is 2. The fourth-order valence-electron chi connectivity index (χ4n) is 1.28. The second-order valence-corrected chi connectivity index (χ2v) is 5.09. The van der Waals surface area contributed by atoms with Crippen LogP contribution in [0.1, 0.15) is 13.8 Å². The molecular weight excluding hydrogens is 258 g/mol. The second kappa shape index (κ2) is 5.63. The number of imide groups is 1. The van der Waals surface area contributed by atoms with Crippen molar-refractivity contribution >= 4 is 22.0 Å². The van der Waals surface area contributed by atoms with Gasteiger partial charge < -0.3 is 4.74 Å². The Morgan fingerprint density at radius 1 is 1.22 bits per heavy atom. The first-order valence-electron chi connectivity index (χ1n) is 5.19. The molecule has 6 nitrogen and oxygen atoms in total. The predicted molar refractivity (Wildman–Crippen MR) is 63.2 cm³/mol. The van der Waals surface area contributed by atoms with E-state index in [2.05, 4.69) is 4.74 Å². The number of benzene rings is 1. The fourth-order valence-corrected chi connectivity index (χ4v) is 2.58. The van der Waals surface area contributed by atoms with Crippen LogP contribution in [0, 0.1) is 0 Å². The van der Waals surface area contributed by atoms with Crippen molar-refractivity contribution in [1.29, 1.82) is 0 Å². The first kappa shape index (κ1) is 14.2. The SMILES string of the molecule is CCOC(=O)N(C(C)=O)S(=O)(=O)c1ccccc1. The average Bonchev–Trinajstić information content (AvgIpc) is 2.29. The maximum atomic E-state index is 12.1. The van der Waals surface area contributed by atoms with Gasteiger partial charge in [-0.05, 0) is 19.1 Å². The van der Waals surface area contributed by atoms with E-state index in [4.69, 9.17) is 0 Å². The van der Waals surface area contributed by atoms with Gasteiger partial charge in [-0.15, -0.1) is 4.31 Å². The molecule has 0 fully saturated rings. The molecule has 0 N–H and O–H groups in total. The van der Waals surface area contributed by atoms with E-state index in [9.17, 15) is 18.0 Å². The highest BCUT2D eigenvalue weighted by atomic mass is 32.2. The Morgan fingerprint density at radius 3 is 2.22 bits per heavy atom. The lowest BCUT2D eigenvalue weighted by Crippen LogP contribution is -2.40. The molecule has 0 heterocycles. The van der Waals surface area contributed by atoms with E-state index < -0.39 is 22.0 Å². The fraction of sp³-hybridized carbons (Fsp3) is 0.273. The van der Waals surface area contributed by atoms with Crippen LogP contribution >= 0.6 is 0 Å². The Kier molecular flexibility index (Phi) is 4.43. The van der Waals surface area contributed by atoms with Crippen LogP contribution in [0.15, 0.2) is 35.2 Å². The molecule has 1 aromatic carbocycles. The van der Waals surface area contributed by atoms with Gasteiger partial charge in [0.25, 0.3) is 10.0 Å². The average molecular weight is 271 g/mol. The second-order valence-electron chi connectivity index (χ2n) is 3.30. The molecule has 0 saturated carbocycles. The zero-order valence-electron chi connectivity index (χ0n) is 9.99. The lowest BCUT2D eigenvalue weighted by Gasteiger charge is -2.18. The lowest BCUT2D eigenvalue weighted by molar-refractivity contribution is -0.123. The maximum Gasteiger partial charge on any atom is 0.431 e. The Morgan fingerprint density at radius 2 is 1.78 bits per heavy atom. The number of ether oxygens (including phenoxy) is 1. The summed E-state index contributed by atoms with van der Waals surface area (Å²) in [6, 6.07) is 7.21. The Labute approximate surface area is 105 Å². The van der Waals surface area contributed by atoms with Gasteiger partial charge in [-0.25, -0.2) is 13.2 Å². The third-order valence-electron chi connectivity index (χ3n) is 2.00. The Hall–Kier alpha value is -1.89. The predicted octanol–water partition coefficient (Wildman–Crippen LogP) is 1.38. The molecule has 0 atom stereocenters. The zero-order chi connectivity index (χ0) is 13.8. The molecule has 0 saturated heterocycles. The van der Waals surface area contributed by atoms with Crippen LogP contribution in [0.4, 0.5) is 4.79 Å². The maximum absolute atomic E-state index is 12.1. The quantitative estimate of drug-likeness (QED) is 0.829. The van der Waals surface area contributed by atoms with Gasteiger partial charge in [0.05, 0.1) is 11.5 Å². The van der Waals surface area contributed by atoms with Crippen molar-refractivity contribution in [3.05, 3.63) is 30.3 Å². The molecule has 0 aliphatic heterocycles. The van der Waals surface area contributed by atoms with Crippen LogP contribution in [-0.4, -0.2) is 31.3 Å². The Bertz CT molecular complexity index is 538. The van der Waals surface area contributed by atoms with Crippen molar-refractivity contribution in [1.82, 2.24) is 4.31 Å². The molecule has 0 unspecified atom stereocenters. The van der Waals surface area contributed by atoms with Crippen molar-refractivity contribution < 1.29 is 22.7 Å². The summed E-state index contributed by atoms with van der Waals surface area (Å²) in [4.78, 5) is 22.7. The molecule has 98 valence electrons. The molecule has 0 radical (unpaired) electrons. The van der Waals surface area contributed by atoms with Gasteiger partial charge >= 0.3 is 6.09 Å². The summed E-state index contributed by atoms with van der Waals surface area (Å²) >= 11 is 0. The number of amides is 2. The molecule has 18 heavy (non-hydrogen) atoms. The number of carbonyl (C=O) groups is 2. The van der Waals surface area contributed by atoms with Crippen LogP contribution in [-0.2, 0) is 19.6 Å². The van der Waals surface area contributed by atoms with Crippen LogP contribution in [0.3, 0.4) is 0 Å². The highest BCUT2D eigenvalue weighted by molar-refractivity contribution is 7.90. The largest absolute Gasteiger partial charge is 0.449 e. The Balaban J connectivity index is 3.22. The van der Waals surface area contributed by atoms with E-state index in [0.29, 0.717) is 0 Å². The van der Waals surface area contributed by atoms with Crippen LogP contribution < -0.4 is 0 Å². The van der Waals surface area contributed by atoms with E-state index in [1.807, 2.05) is 0 Å². The molecule has 0 bridgehead atoms. The van der Waals surface area contributed by atoms with Crippen LogP contribution in [0.5, 0.6) is 0 Å². The van der Waals surface area contributed by atoms with E-state index in [1.165, 1.54) is 31.2 Å². The monoisotopic (exact) mass is 271 g/mol. The van der Waals surface area contributed by atoms with E-state index in [-0.39, 0.29) is 15.8 Å². The third-order valence-corrected chi connectivity index (χ3v) is 3.76. The molecule has 0 aliphatic rings. The first-order chi connectivity index (χ1) is 8.41. The van der Waals surface area contributed by atoms with E-state index in [0.717, 1.165) is 6.92 Å². The van der Waals surface area contributed by atoms with Gasteiger partial charge in [0.15, 0.2) is 0 Å². The minimum absolute atomic E-state index is 0.0209. The summed E-state index contributed by atoms with van der Waals surface area (Å²) in [6.45, 7) is 2.48. The van der Waals surface area contributed by atoms with Gasteiger partial charge in [0.2, 0.25) is 5.91 Å². The normalized spacial score (nSPS) is 10.8. The van der Waals surface area contributed by atoms with Crippen LogP contribution in [0.25, 0.3) is 0 Å². The summed E-state index contributed by atoms with van der Waals surface area (Å²) in [6.07, 6.45) is -1.20. The van der Waals surface area contributed by atoms with Gasteiger partial charge in [-0.1, -0.05) is 18.2 Å². The van der Waals surface area contributed by atoms with Crippen molar-refractivity contribution in [2.24, 2.45) is 0 Å². The molecule has 0 aliphatic carbocycles. The van der Waals surface area contributed by atoms with Gasteiger partial charge in [-0.3, -0.25) is 4.79 Å². The smallest absolute Gasteiger partial charge is 0.431 e. The molecule has 2 amide bonds. The number of sulfonamides is 1. The molecule has 1 rings (SSSR count). The van der Waals surface area contributed by atoms with Crippen molar-refractivity contribution in [2.45, 2.75) is 18.7 Å². The van der Waals surface area contributed by atoms with Gasteiger partial charge in [0.1, 0.15) is 0 Å². The summed E-state index contributed by atoms with van der Waals surface area (Å²) in [5.74, 6) is -0.919. The number of hydrogen-bond acceptors (Lipinski definition) is 5. The number of hydrogen-bond donors (Lipinski definition) is 0. The lowest BCUT2D eigenvalue weighted by atomic mass is 10.4. The summed E-state index contributed by atoms with van der Waals surface area (Å²) in [5, 5.41) is 0. The molecule has 1 aromatic rings. The van der Waals surface area contributed by atoms with Crippen molar-refractivity contribution in [3.8, 4) is 0 Å². The summed E-state index contributed by atoms with van der Waals surface area (Å²) in [5.41, 5.74) is 0. The first-order valence-corrected chi connectivity index (χ1v) is 6.63. The highest BCUT2D eigenvalue weighted by Gasteiger charge is 2.34. The van der Waals surface area contributed by atoms with Gasteiger partial charge in [0, 0.05) is 6.92 Å². The zero-order valence-corrected chi connectivity index (χ0v) is 10.8. The third kappa shape index (κ3) is 2.86. The van der Waals surface area contributed by atoms with Crippen molar-refractivity contribution in [3.63, 3.8) is 0 Å². The molecule has 0 aromatic heterocycles. The summed E-state index contributed by atoms with van der Waals surface area (Å²) in [7, 11) is -4.21. The van der Waals surface area contributed by atoms with E-state index >= 15 is 0 Å². The van der Waals surface area contributed by atoms with Gasteiger partial charge in [-0.2, -0.15) is 0 Å². The highest BCUT2D eigenvalue weighted by Crippen LogP contribution is 2.16. The van der Waals surface area contributed by atoms with Crippen LogP contribution in [0.2, 0.25) is 0 Å². The summed E-state index contributed by atoms with van der Waals surface area (Å²) < 4.78 is 28.9. The topological polar surface area (TPSA) is 80.8 Å². The van der Waals surface area contributed by atoms with Crippen molar-refractivity contribution in [2.75, 3.05) is 6.61 Å². The number of nitrogens with zero attached hydrogens (tertiary/aromatic N) is 1. The molecule has 0 spiro atoms. The minimum atomic E-state index is -4.21. The molecule has 7 heteroatoms. The standard InChI is InChI=1S/C11H13NO5S/c1-3-17-11(14)12(9(2)13)18(15,16)10-7-5-4-6-8-10/h4-8H,3H2,1-2H3. The van der Waals surface area contributed by atoms with E-state index in [1.54, 1.807) is 6.07 Å². The molecular formula is C11H13NO5S. The minimum Gasteiger partial charge on any atom is -0.449 e. The number of rotatable bonds is 3.